The van der Waals surface area contributed by atoms with Crippen LogP contribution in [0.25, 0.3) is 0 Å². The smallest absolute Gasteiger partial charge is 0.311 e. The number of hydrogen-bond donors (Lipinski definition) is 2. The van der Waals surface area contributed by atoms with Crippen LogP contribution in [0.1, 0.15) is 52.4 Å². The van der Waals surface area contributed by atoms with Crippen LogP contribution in [0, 0.1) is 10.8 Å². The monoisotopic (exact) mass is 282 g/mol. The van der Waals surface area contributed by atoms with Gasteiger partial charge in [-0.15, -0.1) is 0 Å². The van der Waals surface area contributed by atoms with Gasteiger partial charge in [-0.2, -0.15) is 0 Å². The van der Waals surface area contributed by atoms with Gasteiger partial charge < -0.3 is 15.7 Å². The van der Waals surface area contributed by atoms with E-state index < -0.39 is 16.8 Å². The molecule has 0 aromatic heterocycles. The summed E-state index contributed by atoms with van der Waals surface area (Å²) in [5.74, 6) is -0.711. The van der Waals surface area contributed by atoms with Crippen molar-refractivity contribution in [2.24, 2.45) is 16.6 Å². The van der Waals surface area contributed by atoms with Gasteiger partial charge in [-0.05, 0) is 32.6 Å². The van der Waals surface area contributed by atoms with Crippen LogP contribution in [0.3, 0.4) is 0 Å². The summed E-state index contributed by atoms with van der Waals surface area (Å²) in [4.78, 5) is 26.1. The number of carbonyl (C=O) groups is 2. The maximum absolute atomic E-state index is 12.7. The van der Waals surface area contributed by atoms with Gasteiger partial charge >= 0.3 is 5.97 Å². The molecule has 0 radical (unpaired) electrons. The van der Waals surface area contributed by atoms with Gasteiger partial charge in [-0.1, -0.05) is 19.8 Å². The molecule has 2 rings (SSSR count). The van der Waals surface area contributed by atoms with E-state index in [0.29, 0.717) is 25.9 Å². The van der Waals surface area contributed by atoms with Crippen molar-refractivity contribution in [2.75, 3.05) is 13.1 Å². The second-order valence-corrected chi connectivity index (χ2v) is 6.73. The summed E-state index contributed by atoms with van der Waals surface area (Å²) >= 11 is 0. The first kappa shape index (κ1) is 15.3. The largest absolute Gasteiger partial charge is 0.481 e. The molecule has 20 heavy (non-hydrogen) atoms. The number of rotatable bonds is 4. The minimum absolute atomic E-state index is 0.0572. The van der Waals surface area contributed by atoms with E-state index in [9.17, 15) is 14.7 Å². The Balaban J connectivity index is 2.12. The van der Waals surface area contributed by atoms with Crippen LogP contribution in [0.2, 0.25) is 0 Å². The molecule has 3 unspecified atom stereocenters. The number of aliphatic carboxylic acids is 1. The molecule has 1 aliphatic carbocycles. The second kappa shape index (κ2) is 5.35. The average Bonchev–Trinajstić information content (AvgIpc) is 2.96. The number of likely N-dealkylation sites (tertiary alicyclic amines) is 1. The molecule has 114 valence electrons. The number of nitrogens with two attached hydrogens (primary N) is 1. The van der Waals surface area contributed by atoms with Gasteiger partial charge in [0.1, 0.15) is 0 Å². The zero-order valence-corrected chi connectivity index (χ0v) is 12.5. The predicted molar refractivity (Wildman–Crippen MR) is 76.1 cm³/mol. The summed E-state index contributed by atoms with van der Waals surface area (Å²) < 4.78 is 0. The van der Waals surface area contributed by atoms with Gasteiger partial charge in [0, 0.05) is 19.1 Å². The number of carboxylic acids is 1. The van der Waals surface area contributed by atoms with Crippen molar-refractivity contribution in [3.63, 3.8) is 0 Å². The van der Waals surface area contributed by atoms with E-state index in [0.717, 1.165) is 25.7 Å². The normalized spacial score (nSPS) is 37.4. The van der Waals surface area contributed by atoms with Crippen LogP contribution in [-0.4, -0.2) is 41.0 Å². The molecule has 0 bridgehead atoms. The Morgan fingerprint density at radius 1 is 1.40 bits per heavy atom. The third-order valence-corrected chi connectivity index (χ3v) is 5.34. The first-order chi connectivity index (χ1) is 9.35. The van der Waals surface area contributed by atoms with Crippen molar-refractivity contribution in [2.45, 2.75) is 58.4 Å². The highest BCUT2D eigenvalue weighted by atomic mass is 16.4. The van der Waals surface area contributed by atoms with Crippen molar-refractivity contribution in [1.82, 2.24) is 4.90 Å². The zero-order valence-electron chi connectivity index (χ0n) is 12.5. The van der Waals surface area contributed by atoms with Crippen molar-refractivity contribution in [3.8, 4) is 0 Å². The van der Waals surface area contributed by atoms with Gasteiger partial charge in [-0.25, -0.2) is 0 Å². The standard InChI is InChI=1S/C15H26N2O3/c1-3-6-15(13(19)20)8-9-17(10-15)12(18)14(2)7-4-5-11(14)16/h11H,3-10,16H2,1-2H3,(H,19,20). The number of carboxylic acid groups (broad SMARTS) is 1. The molecular formula is C15H26N2O3. The second-order valence-electron chi connectivity index (χ2n) is 6.73. The predicted octanol–water partition coefficient (Wildman–Crippen LogP) is 1.61. The molecule has 5 nitrogen and oxygen atoms in total. The average molecular weight is 282 g/mol. The first-order valence-electron chi connectivity index (χ1n) is 7.64. The van der Waals surface area contributed by atoms with E-state index in [-0.39, 0.29) is 11.9 Å². The van der Waals surface area contributed by atoms with Crippen LogP contribution in [0.5, 0.6) is 0 Å². The van der Waals surface area contributed by atoms with Crippen molar-refractivity contribution in [1.29, 1.82) is 0 Å². The highest BCUT2D eigenvalue weighted by Crippen LogP contribution is 2.42. The van der Waals surface area contributed by atoms with Crippen molar-refractivity contribution >= 4 is 11.9 Å². The molecule has 1 saturated carbocycles. The van der Waals surface area contributed by atoms with Crippen LogP contribution >= 0.6 is 0 Å². The summed E-state index contributed by atoms with van der Waals surface area (Å²) in [5.41, 5.74) is 4.86. The van der Waals surface area contributed by atoms with Gasteiger partial charge in [0.15, 0.2) is 0 Å². The van der Waals surface area contributed by atoms with Crippen molar-refractivity contribution in [3.05, 3.63) is 0 Å². The third-order valence-electron chi connectivity index (χ3n) is 5.34. The van der Waals surface area contributed by atoms with Crippen LogP contribution in [0.4, 0.5) is 0 Å². The minimum atomic E-state index is -0.768. The number of carbonyl (C=O) groups excluding carboxylic acids is 1. The van der Waals surface area contributed by atoms with E-state index in [1.807, 2.05) is 13.8 Å². The van der Waals surface area contributed by atoms with Crippen LogP contribution < -0.4 is 5.73 Å². The van der Waals surface area contributed by atoms with Gasteiger partial charge in [0.25, 0.3) is 0 Å². The van der Waals surface area contributed by atoms with Crippen LogP contribution in [0.15, 0.2) is 0 Å². The molecule has 1 amide bonds. The third kappa shape index (κ3) is 2.32. The number of amides is 1. The lowest BCUT2D eigenvalue weighted by Crippen LogP contribution is -2.49. The minimum Gasteiger partial charge on any atom is -0.481 e. The Hall–Kier alpha value is -1.10. The number of nitrogens with zero attached hydrogens (tertiary/aromatic N) is 1. The Labute approximate surface area is 120 Å². The Morgan fingerprint density at radius 3 is 2.60 bits per heavy atom. The molecule has 1 aliphatic heterocycles. The lowest BCUT2D eigenvalue weighted by atomic mass is 9.82. The summed E-state index contributed by atoms with van der Waals surface area (Å²) in [7, 11) is 0. The van der Waals surface area contributed by atoms with E-state index in [2.05, 4.69) is 0 Å². The molecular weight excluding hydrogens is 256 g/mol. The molecule has 5 heteroatoms. The Morgan fingerprint density at radius 2 is 2.10 bits per heavy atom. The van der Waals surface area contributed by atoms with E-state index in [1.54, 1.807) is 4.90 Å². The summed E-state index contributed by atoms with van der Waals surface area (Å²) in [6, 6.07) is -0.0963. The topological polar surface area (TPSA) is 83.6 Å². The molecule has 3 atom stereocenters. The van der Waals surface area contributed by atoms with E-state index >= 15 is 0 Å². The highest BCUT2D eigenvalue weighted by Gasteiger charge is 2.51. The zero-order chi connectivity index (χ0) is 15.0. The Bertz CT molecular complexity index is 412. The van der Waals surface area contributed by atoms with E-state index in [1.165, 1.54) is 0 Å². The van der Waals surface area contributed by atoms with Crippen molar-refractivity contribution < 1.29 is 14.7 Å². The molecule has 1 saturated heterocycles. The fourth-order valence-corrected chi connectivity index (χ4v) is 3.83. The quantitative estimate of drug-likeness (QED) is 0.820. The maximum Gasteiger partial charge on any atom is 0.311 e. The van der Waals surface area contributed by atoms with Gasteiger partial charge in [0.2, 0.25) is 5.91 Å². The van der Waals surface area contributed by atoms with Crippen LogP contribution in [-0.2, 0) is 9.59 Å². The molecule has 3 N–H and O–H groups in total. The van der Waals surface area contributed by atoms with E-state index in [4.69, 9.17) is 5.73 Å². The maximum atomic E-state index is 12.7. The van der Waals surface area contributed by atoms with Gasteiger partial charge in [0.05, 0.1) is 10.8 Å². The fraction of sp³-hybridized carbons (Fsp3) is 0.867. The Kier molecular flexibility index (Phi) is 4.09. The lowest BCUT2D eigenvalue weighted by molar-refractivity contribution is -0.149. The molecule has 0 spiro atoms. The molecule has 0 aromatic carbocycles. The molecule has 0 aromatic rings. The molecule has 1 heterocycles. The summed E-state index contributed by atoms with van der Waals surface area (Å²) in [6.07, 6.45) is 4.70. The van der Waals surface area contributed by atoms with Gasteiger partial charge in [-0.3, -0.25) is 9.59 Å². The fourth-order valence-electron chi connectivity index (χ4n) is 3.83. The SMILES string of the molecule is CCCC1(C(=O)O)CCN(C(=O)C2(C)CCCC2N)C1. The molecule has 2 aliphatic rings. The summed E-state index contributed by atoms with van der Waals surface area (Å²) in [6.45, 7) is 4.82. The number of hydrogen-bond acceptors (Lipinski definition) is 3. The summed E-state index contributed by atoms with van der Waals surface area (Å²) in [5, 5.41) is 9.51. The molecule has 2 fully saturated rings. The highest BCUT2D eigenvalue weighted by molar-refractivity contribution is 5.85. The lowest BCUT2D eigenvalue weighted by Gasteiger charge is -2.33. The first-order valence-corrected chi connectivity index (χ1v) is 7.64.